The van der Waals surface area contributed by atoms with E-state index in [9.17, 15) is 4.39 Å². The van der Waals surface area contributed by atoms with E-state index in [1.165, 1.54) is 12.1 Å². The van der Waals surface area contributed by atoms with Crippen molar-refractivity contribution in [2.24, 2.45) is 5.92 Å². The summed E-state index contributed by atoms with van der Waals surface area (Å²) in [6.07, 6.45) is 0. The lowest BCUT2D eigenvalue weighted by atomic mass is 9.82. The van der Waals surface area contributed by atoms with E-state index < -0.39 is 9.93 Å². The van der Waals surface area contributed by atoms with Crippen LogP contribution in [-0.2, 0) is 5.60 Å². The summed E-state index contributed by atoms with van der Waals surface area (Å²) in [5, 5.41) is 0. The summed E-state index contributed by atoms with van der Waals surface area (Å²) in [4.78, 5) is 0. The predicted octanol–water partition coefficient (Wildman–Crippen LogP) is 6.07. The first-order valence-electron chi connectivity index (χ1n) is 9.57. The van der Waals surface area contributed by atoms with E-state index in [-0.39, 0.29) is 17.7 Å². The fourth-order valence-corrected chi connectivity index (χ4v) is 5.69. The number of ether oxygens (including phenoxy) is 3. The molecule has 0 radical (unpaired) electrons. The normalized spacial score (nSPS) is 25.5. The number of hydrogen-bond acceptors (Lipinski definition) is 3. The molecule has 3 nitrogen and oxygen atoms in total. The first-order valence-corrected chi connectivity index (χ1v) is 10.3. The zero-order chi connectivity index (χ0) is 21.1. The van der Waals surface area contributed by atoms with Gasteiger partial charge in [0.15, 0.2) is 21.4 Å². The minimum atomic E-state index is -1.19. The van der Waals surface area contributed by atoms with Crippen LogP contribution < -0.4 is 14.2 Å². The van der Waals surface area contributed by atoms with Crippen LogP contribution in [0.2, 0.25) is 0 Å². The van der Waals surface area contributed by atoms with Crippen LogP contribution in [-0.4, -0.2) is 18.6 Å². The summed E-state index contributed by atoms with van der Waals surface area (Å²) in [6, 6.07) is 19.8. The molecule has 1 saturated carbocycles. The second-order valence-electron chi connectivity index (χ2n) is 7.58. The van der Waals surface area contributed by atoms with E-state index in [1.54, 1.807) is 26.4 Å². The van der Waals surface area contributed by atoms with Gasteiger partial charge in [-0.25, -0.2) is 4.39 Å². The van der Waals surface area contributed by atoms with E-state index in [1.807, 2.05) is 42.5 Å². The van der Waals surface area contributed by atoms with Gasteiger partial charge in [0.25, 0.3) is 0 Å². The lowest BCUT2D eigenvalue weighted by molar-refractivity contribution is 0.137. The molecule has 6 heteroatoms. The highest BCUT2D eigenvalue weighted by Gasteiger charge is 2.83. The highest BCUT2D eigenvalue weighted by Crippen LogP contribution is 2.77. The van der Waals surface area contributed by atoms with Crippen molar-refractivity contribution >= 4 is 23.2 Å². The first kappa shape index (κ1) is 19.5. The third-order valence-corrected chi connectivity index (χ3v) is 7.17. The summed E-state index contributed by atoms with van der Waals surface area (Å²) < 4.78 is 29.8. The van der Waals surface area contributed by atoms with E-state index in [2.05, 4.69) is 0 Å². The number of fused-ring (bicyclic) bond motifs is 2. The summed E-state index contributed by atoms with van der Waals surface area (Å²) in [5.41, 5.74) is 1.75. The molecule has 3 aromatic rings. The maximum atomic E-state index is 13.6. The molecule has 0 spiro atoms. The lowest BCUT2D eigenvalue weighted by Crippen LogP contribution is -2.29. The van der Waals surface area contributed by atoms with Gasteiger partial charge in [-0.2, -0.15) is 0 Å². The monoisotopic (exact) mass is 444 g/mol. The third kappa shape index (κ3) is 2.57. The van der Waals surface area contributed by atoms with Crippen LogP contribution in [0, 0.1) is 11.7 Å². The Balaban J connectivity index is 1.70. The van der Waals surface area contributed by atoms with Gasteiger partial charge in [-0.15, -0.1) is 0 Å². The van der Waals surface area contributed by atoms with E-state index >= 15 is 0 Å². The van der Waals surface area contributed by atoms with Crippen molar-refractivity contribution in [2.75, 3.05) is 14.2 Å². The smallest absolute Gasteiger partial charge is 0.174 e. The first-order chi connectivity index (χ1) is 14.4. The number of para-hydroxylation sites is 1. The molecule has 5 rings (SSSR count). The third-order valence-electron chi connectivity index (χ3n) is 6.14. The van der Waals surface area contributed by atoms with Gasteiger partial charge in [0.1, 0.15) is 11.6 Å². The molecule has 3 aromatic carbocycles. The van der Waals surface area contributed by atoms with Gasteiger partial charge < -0.3 is 14.2 Å². The highest BCUT2D eigenvalue weighted by atomic mass is 35.5. The van der Waals surface area contributed by atoms with Crippen molar-refractivity contribution < 1.29 is 18.6 Å². The summed E-state index contributed by atoms with van der Waals surface area (Å²) in [5.74, 6) is 1.17. The van der Waals surface area contributed by atoms with Crippen molar-refractivity contribution in [3.05, 3.63) is 89.2 Å². The number of hydrogen-bond donors (Lipinski definition) is 0. The van der Waals surface area contributed by atoms with Gasteiger partial charge >= 0.3 is 0 Å². The van der Waals surface area contributed by atoms with E-state index in [0.717, 1.165) is 16.7 Å². The Bertz CT molecular complexity index is 1120. The quantitative estimate of drug-likeness (QED) is 0.457. The predicted molar refractivity (Wildman–Crippen MR) is 114 cm³/mol. The van der Waals surface area contributed by atoms with Crippen LogP contribution in [0.15, 0.2) is 66.7 Å². The Morgan fingerprint density at radius 2 is 1.60 bits per heavy atom. The minimum absolute atomic E-state index is 0.154. The molecule has 1 aliphatic heterocycles. The fraction of sp³-hybridized carbons (Fsp3) is 0.250. The molecule has 0 N–H and O–H groups in total. The Labute approximate surface area is 184 Å². The number of benzene rings is 3. The fourth-order valence-electron chi connectivity index (χ4n) is 4.71. The second kappa shape index (κ2) is 6.79. The van der Waals surface area contributed by atoms with Gasteiger partial charge in [-0.1, -0.05) is 59.6 Å². The molecule has 0 amide bonds. The largest absolute Gasteiger partial charge is 0.493 e. The molecular weight excluding hydrogens is 426 g/mol. The van der Waals surface area contributed by atoms with Crippen LogP contribution in [0.3, 0.4) is 0 Å². The van der Waals surface area contributed by atoms with Gasteiger partial charge in [-0.3, -0.25) is 0 Å². The van der Waals surface area contributed by atoms with Crippen LogP contribution >= 0.6 is 23.2 Å². The molecule has 0 saturated heterocycles. The SMILES string of the molecule is COc1ccc([C@]23Oc4ccccc4[C@@H](c4ccc(F)cc4)[C@@H]2C3(Cl)Cl)cc1OC. The molecule has 0 aromatic heterocycles. The zero-order valence-corrected chi connectivity index (χ0v) is 17.9. The maximum absolute atomic E-state index is 13.6. The summed E-state index contributed by atoms with van der Waals surface area (Å²) >= 11 is 13.9. The molecule has 1 fully saturated rings. The van der Waals surface area contributed by atoms with E-state index in [0.29, 0.717) is 17.2 Å². The molecule has 1 aliphatic carbocycles. The number of methoxy groups -OCH3 is 2. The Kier molecular flexibility index (Phi) is 4.42. The Morgan fingerprint density at radius 1 is 0.900 bits per heavy atom. The average Bonchev–Trinajstić information content (AvgIpc) is 3.27. The van der Waals surface area contributed by atoms with Crippen molar-refractivity contribution in [1.82, 2.24) is 0 Å². The van der Waals surface area contributed by atoms with Crippen LogP contribution in [0.1, 0.15) is 22.6 Å². The number of rotatable bonds is 4. The molecule has 2 aliphatic rings. The molecule has 0 unspecified atom stereocenters. The van der Waals surface area contributed by atoms with Crippen LogP contribution in [0.5, 0.6) is 17.2 Å². The Hall–Kier alpha value is -2.43. The topological polar surface area (TPSA) is 27.7 Å². The molecular formula is C24H19Cl2FO3. The number of alkyl halides is 2. The van der Waals surface area contributed by atoms with Gasteiger partial charge in [0, 0.05) is 17.0 Å². The van der Waals surface area contributed by atoms with E-state index in [4.69, 9.17) is 37.4 Å². The van der Waals surface area contributed by atoms with Crippen molar-refractivity contribution in [1.29, 1.82) is 0 Å². The Morgan fingerprint density at radius 3 is 2.30 bits per heavy atom. The summed E-state index contributed by atoms with van der Waals surface area (Å²) in [6.45, 7) is 0. The van der Waals surface area contributed by atoms with Crippen molar-refractivity contribution in [3.63, 3.8) is 0 Å². The average molecular weight is 445 g/mol. The second-order valence-corrected chi connectivity index (χ2v) is 8.96. The lowest BCUT2D eigenvalue weighted by Gasteiger charge is -2.32. The molecule has 30 heavy (non-hydrogen) atoms. The maximum Gasteiger partial charge on any atom is 0.174 e. The molecule has 0 bridgehead atoms. The zero-order valence-electron chi connectivity index (χ0n) is 16.4. The molecule has 1 heterocycles. The summed E-state index contributed by atoms with van der Waals surface area (Å²) in [7, 11) is 3.16. The van der Waals surface area contributed by atoms with Gasteiger partial charge in [0.05, 0.1) is 20.1 Å². The standard InChI is InChI=1S/C24H19Cl2FO3/c1-28-19-12-9-15(13-20(19)29-2)23-22(24(23,25)26)21(14-7-10-16(27)11-8-14)17-5-3-4-6-18(17)30-23/h3-13,21-22H,1-2H3/t21-,22+,23+/m1/s1. The number of halogens is 3. The van der Waals surface area contributed by atoms with Crippen molar-refractivity contribution in [3.8, 4) is 17.2 Å². The van der Waals surface area contributed by atoms with Gasteiger partial charge in [-0.05, 0) is 35.9 Å². The van der Waals surface area contributed by atoms with Crippen LogP contribution in [0.4, 0.5) is 4.39 Å². The molecule has 154 valence electrons. The molecule has 3 atom stereocenters. The van der Waals surface area contributed by atoms with Crippen LogP contribution in [0.25, 0.3) is 0 Å². The highest BCUT2D eigenvalue weighted by molar-refractivity contribution is 6.52. The van der Waals surface area contributed by atoms with Crippen molar-refractivity contribution in [2.45, 2.75) is 15.9 Å². The minimum Gasteiger partial charge on any atom is -0.493 e. The van der Waals surface area contributed by atoms with Gasteiger partial charge in [0.2, 0.25) is 0 Å².